The number of furan rings is 1. The first-order valence-corrected chi connectivity index (χ1v) is 24.6. The molecule has 0 spiro atoms. The van der Waals surface area contributed by atoms with Gasteiger partial charge >= 0.3 is 0 Å². The Morgan fingerprint density at radius 2 is 1.25 bits per heavy atom. The van der Waals surface area contributed by atoms with Crippen molar-refractivity contribution in [2.24, 2.45) is 0 Å². The molecule has 7 heteroatoms. The van der Waals surface area contributed by atoms with Gasteiger partial charge in [-0.2, -0.15) is 0 Å². The predicted octanol–water partition coefficient (Wildman–Crippen LogP) is 14.6. The van der Waals surface area contributed by atoms with Gasteiger partial charge in [-0.05, 0) is 63.5 Å². The Labute approximate surface area is 387 Å². The van der Waals surface area contributed by atoms with Crippen LogP contribution >= 0.6 is 0 Å². The van der Waals surface area contributed by atoms with Crippen LogP contribution in [0.1, 0.15) is 0 Å². The van der Waals surface area contributed by atoms with E-state index < -0.39 is 8.07 Å². The zero-order valence-electron chi connectivity index (χ0n) is 35.5. The Kier molecular flexibility index (Phi) is 11.9. The molecule has 0 saturated heterocycles. The molecule has 0 atom stereocenters. The van der Waals surface area contributed by atoms with Gasteiger partial charge < -0.3 is 14.0 Å². The summed E-state index contributed by atoms with van der Waals surface area (Å²) in [5, 5.41) is 3.38. The zero-order valence-corrected chi connectivity index (χ0v) is 38.9. The topological polar surface area (TPSA) is 43.9 Å². The van der Waals surface area contributed by atoms with Gasteiger partial charge in [0.05, 0.1) is 36.2 Å². The van der Waals surface area contributed by atoms with E-state index in [0.717, 1.165) is 89.1 Å². The van der Waals surface area contributed by atoms with Gasteiger partial charge in [0.2, 0.25) is 0 Å². The minimum absolute atomic E-state index is 0. The summed E-state index contributed by atoms with van der Waals surface area (Å²) in [6.45, 7) is 7.00. The summed E-state index contributed by atoms with van der Waals surface area (Å²) in [5.41, 5.74) is 13.5. The molecule has 0 aliphatic rings. The van der Waals surface area contributed by atoms with E-state index in [0.29, 0.717) is 5.58 Å². The number of hydrogen-bond donors (Lipinski definition) is 0. The number of pyridine rings is 1. The molecule has 0 unspecified atom stereocenters. The SMILES string of the molecule is C[Si](C)(C)c1ccc(-c2[c-]cccc2)nc1.Fc1ccc(-c2ccc3c(c2)oc2c(-c4nc5ccccc5n4-c4c(-c5ccccc5)cccc4-c4ccccc4)[c-]ccc23)cc1.[Ir]. The number of rotatable bonds is 7. The summed E-state index contributed by atoms with van der Waals surface area (Å²) in [4.78, 5) is 9.78. The molecule has 3 aromatic heterocycles. The summed E-state index contributed by atoms with van der Waals surface area (Å²) in [7, 11) is -1.23. The Bertz CT molecular complexity index is 3300. The Hall–Kier alpha value is -7.02. The maximum atomic E-state index is 13.6. The molecule has 0 aliphatic carbocycles. The van der Waals surface area contributed by atoms with E-state index in [1.54, 1.807) is 12.1 Å². The fourth-order valence-corrected chi connectivity index (χ4v) is 9.22. The van der Waals surface area contributed by atoms with E-state index in [4.69, 9.17) is 9.40 Å². The van der Waals surface area contributed by atoms with E-state index in [2.05, 4.69) is 151 Å². The summed E-state index contributed by atoms with van der Waals surface area (Å²) >= 11 is 0. The van der Waals surface area contributed by atoms with Crippen molar-refractivity contribution in [2.75, 3.05) is 0 Å². The number of fused-ring (bicyclic) bond motifs is 4. The first kappa shape index (κ1) is 42.3. The van der Waals surface area contributed by atoms with Crippen molar-refractivity contribution in [1.29, 1.82) is 0 Å². The van der Waals surface area contributed by atoms with Crippen molar-refractivity contribution >= 4 is 46.2 Å². The molecule has 313 valence electrons. The fraction of sp³-hybridized carbons (Fsp3) is 0.0526. The van der Waals surface area contributed by atoms with Crippen LogP contribution in [0.2, 0.25) is 19.6 Å². The first-order chi connectivity index (χ1) is 30.8. The Balaban J connectivity index is 0.000000258. The molecular formula is C57H42FIrN3OSi-2. The van der Waals surface area contributed by atoms with E-state index in [1.807, 2.05) is 66.9 Å². The smallest absolute Gasteiger partial charge is 0.123 e. The monoisotopic (exact) mass is 1020 g/mol. The normalized spacial score (nSPS) is 11.3. The van der Waals surface area contributed by atoms with Crippen LogP contribution in [-0.2, 0) is 20.1 Å². The second-order valence-electron chi connectivity index (χ2n) is 16.6. The number of imidazole rings is 1. The maximum Gasteiger partial charge on any atom is 0.123 e. The summed E-state index contributed by atoms with van der Waals surface area (Å²) < 4.78 is 22.6. The average molecular weight is 1020 g/mol. The van der Waals surface area contributed by atoms with Crippen molar-refractivity contribution in [3.8, 4) is 61.7 Å². The van der Waals surface area contributed by atoms with Gasteiger partial charge in [-0.1, -0.05) is 158 Å². The van der Waals surface area contributed by atoms with Crippen molar-refractivity contribution in [3.63, 3.8) is 0 Å². The van der Waals surface area contributed by atoms with Crippen LogP contribution in [0.4, 0.5) is 4.39 Å². The minimum atomic E-state index is -1.23. The van der Waals surface area contributed by atoms with Crippen LogP contribution in [0.3, 0.4) is 0 Å². The van der Waals surface area contributed by atoms with Gasteiger partial charge in [-0.15, -0.1) is 54.1 Å². The van der Waals surface area contributed by atoms with Gasteiger partial charge in [0.25, 0.3) is 0 Å². The molecule has 4 nitrogen and oxygen atoms in total. The van der Waals surface area contributed by atoms with Gasteiger partial charge in [-0.3, -0.25) is 4.98 Å². The molecule has 11 aromatic rings. The van der Waals surface area contributed by atoms with Crippen LogP contribution in [0.5, 0.6) is 0 Å². The third-order valence-corrected chi connectivity index (χ3v) is 13.5. The zero-order chi connectivity index (χ0) is 42.9. The summed E-state index contributed by atoms with van der Waals surface area (Å²) in [6.07, 6.45) is 2.02. The fourth-order valence-electron chi connectivity index (χ4n) is 8.18. The molecule has 11 rings (SSSR count). The number of para-hydroxylation sites is 3. The van der Waals surface area contributed by atoms with E-state index >= 15 is 0 Å². The number of hydrogen-bond acceptors (Lipinski definition) is 3. The molecule has 3 heterocycles. The Morgan fingerprint density at radius 3 is 1.91 bits per heavy atom. The van der Waals surface area contributed by atoms with Gasteiger partial charge in [-0.25, -0.2) is 4.39 Å². The molecule has 0 amide bonds. The molecule has 8 aromatic carbocycles. The summed E-state index contributed by atoms with van der Waals surface area (Å²) in [5.74, 6) is 0.487. The van der Waals surface area contributed by atoms with Gasteiger partial charge in [0.15, 0.2) is 0 Å². The van der Waals surface area contributed by atoms with Gasteiger partial charge in [0.1, 0.15) is 11.4 Å². The third kappa shape index (κ3) is 8.29. The third-order valence-electron chi connectivity index (χ3n) is 11.4. The standard InChI is InChI=1S/C43H26FN2O.C14H16NSi.Ir/c44-32-24-21-28(22-25-32)31-23-26-35-36-17-10-18-37(42(36)47-40(35)27-31)43-45-38-19-7-8-20-39(38)46(43)41-33(29-11-3-1-4-12-29)15-9-16-34(41)30-13-5-2-6-14-30;1-16(2,3)13-9-10-14(15-11-13)12-7-5-4-6-8-12;/h1-17,19-27H;4-7,9-11H,1-3H3;/q2*-1;. The molecular weight excluding hydrogens is 982 g/mol. The van der Waals surface area contributed by atoms with Crippen molar-refractivity contribution in [2.45, 2.75) is 19.6 Å². The minimum Gasteiger partial charge on any atom is -0.501 e. The second kappa shape index (κ2) is 18.0. The number of nitrogens with zero attached hydrogens (tertiary/aromatic N) is 3. The van der Waals surface area contributed by atoms with Crippen LogP contribution in [-0.4, -0.2) is 22.6 Å². The Morgan fingerprint density at radius 1 is 0.578 bits per heavy atom. The van der Waals surface area contributed by atoms with Gasteiger partial charge in [0, 0.05) is 42.8 Å². The largest absolute Gasteiger partial charge is 0.501 e. The van der Waals surface area contributed by atoms with Crippen LogP contribution in [0.15, 0.2) is 205 Å². The molecule has 0 fully saturated rings. The number of halogens is 1. The van der Waals surface area contributed by atoms with Crippen LogP contribution < -0.4 is 5.19 Å². The van der Waals surface area contributed by atoms with Crippen LogP contribution in [0.25, 0.3) is 94.7 Å². The van der Waals surface area contributed by atoms with E-state index in [9.17, 15) is 4.39 Å². The number of aromatic nitrogens is 3. The molecule has 0 saturated carbocycles. The van der Waals surface area contributed by atoms with Crippen molar-refractivity contribution < 1.29 is 28.9 Å². The van der Waals surface area contributed by atoms with Crippen molar-refractivity contribution in [1.82, 2.24) is 14.5 Å². The molecule has 64 heavy (non-hydrogen) atoms. The van der Waals surface area contributed by atoms with Crippen molar-refractivity contribution in [3.05, 3.63) is 218 Å². The van der Waals surface area contributed by atoms with E-state index in [-0.39, 0.29) is 25.9 Å². The maximum absolute atomic E-state index is 13.6. The molecule has 0 aliphatic heterocycles. The molecule has 0 N–H and O–H groups in total. The van der Waals surface area contributed by atoms with Crippen LogP contribution in [0, 0.1) is 17.9 Å². The average Bonchev–Trinajstić information content (AvgIpc) is 3.91. The first-order valence-electron chi connectivity index (χ1n) is 21.1. The second-order valence-corrected chi connectivity index (χ2v) is 21.6. The molecule has 0 bridgehead atoms. The summed E-state index contributed by atoms with van der Waals surface area (Å²) in [6, 6.07) is 71.3. The predicted molar refractivity (Wildman–Crippen MR) is 260 cm³/mol. The quantitative estimate of drug-likeness (QED) is 0.118. The molecule has 1 radical (unpaired) electrons. The van der Waals surface area contributed by atoms with E-state index in [1.165, 1.54) is 17.3 Å². The number of benzene rings is 8.